The number of amides is 1. The minimum Gasteiger partial charge on any atom is -0.492 e. The Hall–Kier alpha value is -3.31. The Morgan fingerprint density at radius 3 is 2.48 bits per heavy atom. The highest BCUT2D eigenvalue weighted by molar-refractivity contribution is 5.71. The molecule has 0 bridgehead atoms. The van der Waals surface area contributed by atoms with Crippen molar-refractivity contribution < 1.29 is 14.6 Å². The molecule has 33 heavy (non-hydrogen) atoms. The third kappa shape index (κ3) is 5.20. The number of nitrogens with zero attached hydrogens (tertiary/aromatic N) is 5. The number of aromatic nitrogens is 1. The number of anilines is 1. The van der Waals surface area contributed by atoms with Crippen LogP contribution in [0.2, 0.25) is 0 Å². The number of piperazine rings is 1. The van der Waals surface area contributed by atoms with Crippen molar-refractivity contribution in [1.29, 1.82) is 5.26 Å². The Labute approximate surface area is 195 Å². The molecule has 1 aromatic carbocycles. The Balaban J connectivity index is 1.52. The van der Waals surface area contributed by atoms with E-state index in [0.717, 1.165) is 36.5 Å². The molecule has 8 nitrogen and oxygen atoms in total. The lowest BCUT2D eigenvalue weighted by Gasteiger charge is -2.39. The summed E-state index contributed by atoms with van der Waals surface area (Å²) >= 11 is 0. The number of carbonyl (C=O) groups excluding carboxylic acids is 1. The molecule has 1 fully saturated rings. The smallest absolute Gasteiger partial charge is 0.410 e. The number of hydrogen-bond acceptors (Lipinski definition) is 7. The van der Waals surface area contributed by atoms with E-state index in [-0.39, 0.29) is 17.5 Å². The average Bonchev–Trinajstić information content (AvgIpc) is 2.78. The summed E-state index contributed by atoms with van der Waals surface area (Å²) in [6.45, 7) is 9.98. The highest BCUT2D eigenvalue weighted by atomic mass is 16.6. The molecule has 3 heterocycles. The first-order chi connectivity index (χ1) is 15.7. The van der Waals surface area contributed by atoms with Crippen molar-refractivity contribution in [1.82, 2.24) is 14.8 Å². The third-order valence-electron chi connectivity index (χ3n) is 6.00. The van der Waals surface area contributed by atoms with Crippen LogP contribution in [0.5, 0.6) is 5.88 Å². The molecule has 0 saturated carbocycles. The number of nitriles is 1. The van der Waals surface area contributed by atoms with Gasteiger partial charge >= 0.3 is 6.09 Å². The monoisotopic (exact) mass is 449 g/mol. The molecular formula is C25H31N5O3. The van der Waals surface area contributed by atoms with Gasteiger partial charge in [0.15, 0.2) is 0 Å². The highest BCUT2D eigenvalue weighted by Gasteiger charge is 2.31. The lowest BCUT2D eigenvalue weighted by Crippen LogP contribution is -2.50. The zero-order valence-electron chi connectivity index (χ0n) is 19.5. The minimum atomic E-state index is -0.538. The number of rotatable bonds is 3. The van der Waals surface area contributed by atoms with Crippen molar-refractivity contribution in [2.45, 2.75) is 45.9 Å². The average molecular weight is 450 g/mol. The van der Waals surface area contributed by atoms with E-state index < -0.39 is 5.60 Å². The molecule has 0 spiro atoms. The summed E-state index contributed by atoms with van der Waals surface area (Å²) in [5.74, 6) is -0.220. The molecule has 0 unspecified atom stereocenters. The zero-order valence-corrected chi connectivity index (χ0v) is 19.5. The summed E-state index contributed by atoms with van der Waals surface area (Å²) in [7, 11) is 0. The zero-order chi connectivity index (χ0) is 23.6. The van der Waals surface area contributed by atoms with Gasteiger partial charge in [0, 0.05) is 51.4 Å². The summed E-state index contributed by atoms with van der Waals surface area (Å²) in [5.41, 5.74) is 3.53. The second kappa shape index (κ2) is 9.28. The Kier molecular flexibility index (Phi) is 6.43. The molecule has 0 aliphatic carbocycles. The molecule has 1 N–H and O–H groups in total. The first-order valence-corrected chi connectivity index (χ1v) is 11.4. The Morgan fingerprint density at radius 2 is 1.85 bits per heavy atom. The topological polar surface area (TPSA) is 92.9 Å². The molecule has 4 rings (SSSR count). The molecule has 8 heteroatoms. The number of hydrogen-bond donors (Lipinski definition) is 1. The molecule has 0 atom stereocenters. The van der Waals surface area contributed by atoms with Gasteiger partial charge in [-0.05, 0) is 32.8 Å². The Morgan fingerprint density at radius 1 is 1.15 bits per heavy atom. The minimum absolute atomic E-state index is 0.218. The van der Waals surface area contributed by atoms with Crippen molar-refractivity contribution in [3.8, 4) is 11.9 Å². The van der Waals surface area contributed by atoms with Crippen LogP contribution in [0.3, 0.4) is 0 Å². The van der Waals surface area contributed by atoms with E-state index in [1.165, 1.54) is 5.56 Å². The van der Waals surface area contributed by atoms with Gasteiger partial charge in [0.2, 0.25) is 5.88 Å². The maximum absolute atomic E-state index is 12.4. The largest absolute Gasteiger partial charge is 0.492 e. The van der Waals surface area contributed by atoms with E-state index in [4.69, 9.17) is 4.74 Å². The predicted molar refractivity (Wildman–Crippen MR) is 125 cm³/mol. The summed E-state index contributed by atoms with van der Waals surface area (Å²) < 4.78 is 5.49. The van der Waals surface area contributed by atoms with Crippen LogP contribution in [-0.4, -0.2) is 64.3 Å². The number of ether oxygens (including phenoxy) is 1. The number of carbonyl (C=O) groups is 1. The van der Waals surface area contributed by atoms with E-state index in [0.29, 0.717) is 32.7 Å². The van der Waals surface area contributed by atoms with Gasteiger partial charge in [-0.2, -0.15) is 5.26 Å². The molecule has 1 saturated heterocycles. The number of benzene rings is 1. The maximum Gasteiger partial charge on any atom is 0.410 e. The van der Waals surface area contributed by atoms with Crippen LogP contribution in [0.4, 0.5) is 10.5 Å². The van der Waals surface area contributed by atoms with Crippen molar-refractivity contribution in [2.24, 2.45) is 0 Å². The van der Waals surface area contributed by atoms with Gasteiger partial charge in [0.1, 0.15) is 17.2 Å². The van der Waals surface area contributed by atoms with Gasteiger partial charge < -0.3 is 19.6 Å². The van der Waals surface area contributed by atoms with Crippen LogP contribution in [0.15, 0.2) is 30.3 Å². The summed E-state index contributed by atoms with van der Waals surface area (Å²) in [6, 6.07) is 12.4. The van der Waals surface area contributed by atoms with Crippen molar-refractivity contribution in [3.05, 3.63) is 52.7 Å². The standard InChI is InChI=1S/C25H31N5O3/c1-25(2,3)33-24(32)30-13-11-29(12-14-30)22-19-9-10-28(16-18-7-5-4-6-8-18)17-21(19)27-23(31)20(22)15-26/h4-8H,9-14,16-17H2,1-3H3,(H,27,31). The van der Waals surface area contributed by atoms with E-state index in [9.17, 15) is 15.2 Å². The van der Waals surface area contributed by atoms with Crippen molar-refractivity contribution in [3.63, 3.8) is 0 Å². The van der Waals surface area contributed by atoms with Gasteiger partial charge in [-0.25, -0.2) is 9.78 Å². The molecule has 2 aromatic rings. The lowest BCUT2D eigenvalue weighted by molar-refractivity contribution is 0.0240. The van der Waals surface area contributed by atoms with Crippen LogP contribution in [-0.2, 0) is 24.2 Å². The quantitative estimate of drug-likeness (QED) is 0.769. The number of aromatic hydroxyl groups is 1. The first kappa shape index (κ1) is 22.9. The van der Waals surface area contributed by atoms with Crippen LogP contribution in [0.1, 0.15) is 43.2 Å². The van der Waals surface area contributed by atoms with Gasteiger partial charge in [0.25, 0.3) is 0 Å². The second-order valence-electron chi connectivity index (χ2n) is 9.60. The molecule has 0 radical (unpaired) electrons. The third-order valence-corrected chi connectivity index (χ3v) is 6.00. The fraction of sp³-hybridized carbons (Fsp3) is 0.480. The molecule has 1 amide bonds. The lowest BCUT2D eigenvalue weighted by atomic mass is 9.98. The van der Waals surface area contributed by atoms with E-state index in [1.807, 2.05) is 39.0 Å². The van der Waals surface area contributed by atoms with E-state index in [1.54, 1.807) is 4.90 Å². The predicted octanol–water partition coefficient (Wildman–Crippen LogP) is 3.27. The fourth-order valence-electron chi connectivity index (χ4n) is 4.47. The van der Waals surface area contributed by atoms with Gasteiger partial charge in [-0.1, -0.05) is 30.3 Å². The highest BCUT2D eigenvalue weighted by Crippen LogP contribution is 2.36. The van der Waals surface area contributed by atoms with Gasteiger partial charge in [0.05, 0.1) is 11.4 Å². The first-order valence-electron chi connectivity index (χ1n) is 11.4. The summed E-state index contributed by atoms with van der Waals surface area (Å²) in [6.07, 6.45) is 0.435. The second-order valence-corrected chi connectivity index (χ2v) is 9.60. The van der Waals surface area contributed by atoms with Crippen LogP contribution in [0.25, 0.3) is 0 Å². The molecule has 2 aliphatic rings. The van der Waals surface area contributed by atoms with Gasteiger partial charge in [-0.15, -0.1) is 0 Å². The fourth-order valence-corrected chi connectivity index (χ4v) is 4.47. The van der Waals surface area contributed by atoms with E-state index in [2.05, 4.69) is 33.0 Å². The maximum atomic E-state index is 12.4. The van der Waals surface area contributed by atoms with Crippen LogP contribution < -0.4 is 4.90 Å². The Bertz CT molecular complexity index is 1050. The summed E-state index contributed by atoms with van der Waals surface area (Å²) in [4.78, 5) is 22.9. The van der Waals surface area contributed by atoms with Crippen molar-refractivity contribution in [2.75, 3.05) is 37.6 Å². The molecule has 1 aromatic heterocycles. The summed E-state index contributed by atoms with van der Waals surface area (Å²) in [5, 5.41) is 20.3. The molecular weight excluding hydrogens is 418 g/mol. The van der Waals surface area contributed by atoms with Gasteiger partial charge in [-0.3, -0.25) is 4.90 Å². The van der Waals surface area contributed by atoms with E-state index >= 15 is 0 Å². The van der Waals surface area contributed by atoms with Crippen molar-refractivity contribution >= 4 is 11.8 Å². The molecule has 174 valence electrons. The SMILES string of the molecule is CC(C)(C)OC(=O)N1CCN(c2c(C#N)c(O)nc3c2CCN(Cc2ccccc2)C3)CC1. The normalized spacial score (nSPS) is 16.8. The van der Waals surface area contributed by atoms with Crippen LogP contribution in [0, 0.1) is 11.3 Å². The van der Waals surface area contributed by atoms with Crippen LogP contribution >= 0.6 is 0 Å². The number of pyridine rings is 1. The molecule has 2 aliphatic heterocycles. The number of fused-ring (bicyclic) bond motifs is 1.